The molecule has 1 aromatic heterocycles. The van der Waals surface area contributed by atoms with Gasteiger partial charge in [0.05, 0.1) is 5.69 Å². The third kappa shape index (κ3) is 2.48. The zero-order chi connectivity index (χ0) is 13.3. The van der Waals surface area contributed by atoms with Gasteiger partial charge in [-0.15, -0.1) is 0 Å². The molecule has 100 valence electrons. The largest absolute Gasteiger partial charge is 0.373 e. The number of aromatic amines is 1. The van der Waals surface area contributed by atoms with Crippen LogP contribution in [0.25, 0.3) is 0 Å². The topological polar surface area (TPSA) is 55.0 Å². The molecule has 0 aliphatic heterocycles. The molecule has 0 saturated heterocycles. The van der Waals surface area contributed by atoms with Crippen molar-refractivity contribution < 1.29 is 4.74 Å². The van der Waals surface area contributed by atoms with Gasteiger partial charge in [-0.3, -0.25) is 4.79 Å². The first kappa shape index (κ1) is 13.3. The van der Waals surface area contributed by atoms with Gasteiger partial charge in [0, 0.05) is 12.7 Å². The molecule has 1 unspecified atom stereocenters. The van der Waals surface area contributed by atoms with Crippen LogP contribution in [-0.4, -0.2) is 17.1 Å². The van der Waals surface area contributed by atoms with E-state index in [4.69, 9.17) is 4.74 Å². The predicted molar refractivity (Wildman–Crippen MR) is 70.7 cm³/mol. The van der Waals surface area contributed by atoms with Crippen LogP contribution in [0.1, 0.15) is 56.8 Å². The molecule has 0 radical (unpaired) electrons. The van der Waals surface area contributed by atoms with E-state index in [1.54, 1.807) is 7.11 Å². The number of aryl methyl sites for hydroxylation is 1. The summed E-state index contributed by atoms with van der Waals surface area (Å²) in [6.45, 7) is 6.25. The number of ether oxygens (including phenoxy) is 1. The number of fused-ring (bicyclic) bond motifs is 1. The third-order valence-electron chi connectivity index (χ3n) is 3.48. The first-order chi connectivity index (χ1) is 8.43. The van der Waals surface area contributed by atoms with Crippen molar-refractivity contribution in [2.45, 2.75) is 52.6 Å². The van der Waals surface area contributed by atoms with Gasteiger partial charge in [0.25, 0.3) is 5.56 Å². The van der Waals surface area contributed by atoms with Crippen LogP contribution in [0.15, 0.2) is 4.79 Å². The van der Waals surface area contributed by atoms with Crippen LogP contribution in [-0.2, 0) is 17.6 Å². The van der Waals surface area contributed by atoms with Gasteiger partial charge in [-0.1, -0.05) is 20.8 Å². The van der Waals surface area contributed by atoms with Crippen molar-refractivity contribution >= 4 is 0 Å². The van der Waals surface area contributed by atoms with E-state index in [9.17, 15) is 4.79 Å². The Balaban J connectivity index is 2.46. The Morgan fingerprint density at radius 2 is 1.94 bits per heavy atom. The molecule has 2 rings (SSSR count). The monoisotopic (exact) mass is 250 g/mol. The van der Waals surface area contributed by atoms with Crippen LogP contribution in [0.5, 0.6) is 0 Å². The molecule has 4 heteroatoms. The number of nitrogens with one attached hydrogen (secondary N) is 1. The Morgan fingerprint density at radius 3 is 2.56 bits per heavy atom. The van der Waals surface area contributed by atoms with Crippen LogP contribution in [0.4, 0.5) is 0 Å². The van der Waals surface area contributed by atoms with Crippen LogP contribution in [0, 0.1) is 5.41 Å². The van der Waals surface area contributed by atoms with Gasteiger partial charge in [-0.2, -0.15) is 0 Å². The summed E-state index contributed by atoms with van der Waals surface area (Å²) in [4.78, 5) is 19.6. The highest BCUT2D eigenvalue weighted by molar-refractivity contribution is 5.21. The number of aromatic nitrogens is 2. The van der Waals surface area contributed by atoms with E-state index in [1.807, 2.05) is 0 Å². The van der Waals surface area contributed by atoms with Gasteiger partial charge in [0.1, 0.15) is 11.9 Å². The van der Waals surface area contributed by atoms with Crippen molar-refractivity contribution in [3.63, 3.8) is 0 Å². The number of H-pyrrole nitrogens is 1. The number of nitrogens with zero attached hydrogens (tertiary/aromatic N) is 1. The fraction of sp³-hybridized carbons (Fsp3) is 0.714. The molecule has 0 bridgehead atoms. The van der Waals surface area contributed by atoms with Crippen LogP contribution < -0.4 is 5.56 Å². The van der Waals surface area contributed by atoms with Gasteiger partial charge in [-0.25, -0.2) is 4.98 Å². The predicted octanol–water partition coefficient (Wildman–Crippen LogP) is 2.38. The second-order valence-corrected chi connectivity index (χ2v) is 6.07. The third-order valence-corrected chi connectivity index (χ3v) is 3.48. The van der Waals surface area contributed by atoms with Crippen molar-refractivity contribution in [3.8, 4) is 0 Å². The lowest BCUT2D eigenvalue weighted by molar-refractivity contribution is 0.00825. The van der Waals surface area contributed by atoms with E-state index >= 15 is 0 Å². The average Bonchev–Trinajstić information content (AvgIpc) is 2.28. The molecule has 0 spiro atoms. The van der Waals surface area contributed by atoms with E-state index in [2.05, 4.69) is 30.7 Å². The average molecular weight is 250 g/mol. The molecule has 0 aromatic carbocycles. The molecule has 1 heterocycles. The lowest BCUT2D eigenvalue weighted by Crippen LogP contribution is -2.29. The van der Waals surface area contributed by atoms with Gasteiger partial charge in [0.2, 0.25) is 0 Å². The van der Waals surface area contributed by atoms with Crippen molar-refractivity contribution in [1.29, 1.82) is 0 Å². The summed E-state index contributed by atoms with van der Waals surface area (Å²) in [5, 5.41) is 0. The summed E-state index contributed by atoms with van der Waals surface area (Å²) >= 11 is 0. The highest BCUT2D eigenvalue weighted by Gasteiger charge is 2.29. The maximum Gasteiger partial charge on any atom is 0.254 e. The molecular formula is C14H22N2O2. The minimum atomic E-state index is -0.183. The molecular weight excluding hydrogens is 228 g/mol. The summed E-state index contributed by atoms with van der Waals surface area (Å²) in [5.74, 6) is 0.663. The molecule has 4 nitrogen and oxygen atoms in total. The maximum atomic E-state index is 12.1. The molecule has 1 aliphatic rings. The lowest BCUT2D eigenvalue weighted by Gasteiger charge is -2.29. The minimum Gasteiger partial charge on any atom is -0.373 e. The standard InChI is InChI=1S/C14H22N2O2/c1-14(2,3)11(18-4)12-15-10-8-6-5-7-9(10)13(17)16-12/h11H,5-8H2,1-4H3,(H,15,16,17). The van der Waals surface area contributed by atoms with Crippen LogP contribution in [0.3, 0.4) is 0 Å². The van der Waals surface area contributed by atoms with E-state index in [-0.39, 0.29) is 17.1 Å². The lowest BCUT2D eigenvalue weighted by atomic mass is 9.88. The quantitative estimate of drug-likeness (QED) is 0.876. The zero-order valence-electron chi connectivity index (χ0n) is 11.7. The molecule has 1 aliphatic carbocycles. The van der Waals surface area contributed by atoms with E-state index in [0.29, 0.717) is 5.82 Å². The van der Waals surface area contributed by atoms with Crippen molar-refractivity contribution in [2.24, 2.45) is 5.41 Å². The normalized spacial score (nSPS) is 17.3. The van der Waals surface area contributed by atoms with E-state index in [1.165, 1.54) is 0 Å². The van der Waals surface area contributed by atoms with E-state index < -0.39 is 0 Å². The smallest absolute Gasteiger partial charge is 0.254 e. The summed E-state index contributed by atoms with van der Waals surface area (Å²) in [6, 6.07) is 0. The molecule has 0 saturated carbocycles. The van der Waals surface area contributed by atoms with Gasteiger partial charge in [0.15, 0.2) is 0 Å². The Labute approximate surface area is 108 Å². The van der Waals surface area contributed by atoms with Crippen LogP contribution in [0.2, 0.25) is 0 Å². The summed E-state index contributed by atoms with van der Waals surface area (Å²) in [6.07, 6.45) is 3.79. The SMILES string of the molecule is COC(c1nc2c(c(=O)[nH]1)CCCC2)C(C)(C)C. The Kier molecular flexibility index (Phi) is 3.57. The van der Waals surface area contributed by atoms with Crippen molar-refractivity contribution in [3.05, 3.63) is 27.4 Å². The molecule has 0 fully saturated rings. The second-order valence-electron chi connectivity index (χ2n) is 6.07. The van der Waals surface area contributed by atoms with Crippen molar-refractivity contribution in [1.82, 2.24) is 9.97 Å². The number of methoxy groups -OCH3 is 1. The van der Waals surface area contributed by atoms with Crippen LogP contribution >= 0.6 is 0 Å². The van der Waals surface area contributed by atoms with Gasteiger partial charge >= 0.3 is 0 Å². The fourth-order valence-corrected chi connectivity index (χ4v) is 2.62. The van der Waals surface area contributed by atoms with Crippen molar-refractivity contribution in [2.75, 3.05) is 7.11 Å². The Hall–Kier alpha value is -1.16. The zero-order valence-corrected chi connectivity index (χ0v) is 11.7. The number of hydrogen-bond donors (Lipinski definition) is 1. The molecule has 1 atom stereocenters. The van der Waals surface area contributed by atoms with E-state index in [0.717, 1.165) is 36.9 Å². The summed E-state index contributed by atoms with van der Waals surface area (Å²) in [7, 11) is 1.66. The van der Waals surface area contributed by atoms with Gasteiger partial charge in [-0.05, 0) is 31.1 Å². The second kappa shape index (κ2) is 4.84. The molecule has 0 amide bonds. The number of rotatable bonds is 2. The highest BCUT2D eigenvalue weighted by Crippen LogP contribution is 2.33. The highest BCUT2D eigenvalue weighted by atomic mass is 16.5. The maximum absolute atomic E-state index is 12.1. The molecule has 1 aromatic rings. The fourth-order valence-electron chi connectivity index (χ4n) is 2.62. The van der Waals surface area contributed by atoms with Gasteiger partial charge < -0.3 is 9.72 Å². The molecule has 1 N–H and O–H groups in total. The summed E-state index contributed by atoms with van der Waals surface area (Å²) < 4.78 is 5.51. The first-order valence-corrected chi connectivity index (χ1v) is 6.58. The molecule has 18 heavy (non-hydrogen) atoms. The first-order valence-electron chi connectivity index (χ1n) is 6.58. The Morgan fingerprint density at radius 1 is 1.28 bits per heavy atom. The minimum absolute atomic E-state index is 0.0148. The number of hydrogen-bond acceptors (Lipinski definition) is 3. The summed E-state index contributed by atoms with van der Waals surface area (Å²) in [5.41, 5.74) is 1.76. The Bertz CT molecular complexity index is 486.